The van der Waals surface area contributed by atoms with Gasteiger partial charge in [0.1, 0.15) is 5.88 Å². The Bertz CT molecular complexity index is 174. The van der Waals surface area contributed by atoms with Gasteiger partial charge >= 0.3 is 0 Å². The maximum Gasteiger partial charge on any atom is 0.237 e. The summed E-state index contributed by atoms with van der Waals surface area (Å²) < 4.78 is 0. The van der Waals surface area contributed by atoms with Crippen molar-refractivity contribution < 1.29 is 4.79 Å². The summed E-state index contributed by atoms with van der Waals surface area (Å²) in [4.78, 5) is 15.3. The van der Waals surface area contributed by atoms with E-state index in [4.69, 9.17) is 11.6 Å². The molecule has 0 aromatic carbocycles. The predicted octanol–water partition coefficient (Wildman–Crippen LogP) is 0.388. The largest absolute Gasteiger partial charge is 0.336 e. The number of nitrogens with zero attached hydrogens (tertiary/aromatic N) is 2. The fraction of sp³-hybridized carbons (Fsp3) is 0.875. The molecule has 3 nitrogen and oxygen atoms in total. The molecule has 0 bridgehead atoms. The van der Waals surface area contributed by atoms with Crippen molar-refractivity contribution in [2.75, 3.05) is 32.6 Å². The smallest absolute Gasteiger partial charge is 0.237 e. The minimum absolute atomic E-state index is 0.0530. The first-order valence-electron chi connectivity index (χ1n) is 4.19. The molecule has 1 aliphatic rings. The maximum absolute atomic E-state index is 11.3. The van der Waals surface area contributed by atoms with Gasteiger partial charge in [0.2, 0.25) is 5.91 Å². The van der Waals surface area contributed by atoms with Gasteiger partial charge < -0.3 is 9.80 Å². The minimum Gasteiger partial charge on any atom is -0.336 e. The quantitative estimate of drug-likeness (QED) is 0.559. The molecule has 12 heavy (non-hydrogen) atoms. The van der Waals surface area contributed by atoms with Crippen LogP contribution in [0.3, 0.4) is 0 Å². The molecule has 0 N–H and O–H groups in total. The Morgan fingerprint density at radius 3 is 2.75 bits per heavy atom. The topological polar surface area (TPSA) is 23.6 Å². The number of alkyl halides is 1. The standard InChI is InChI=1S/C8H15ClN2O/c1-7-6-10(2)3-4-11(7)8(12)5-9/h7H,3-6H2,1-2H3. The van der Waals surface area contributed by atoms with E-state index in [-0.39, 0.29) is 11.8 Å². The number of hydrogen-bond acceptors (Lipinski definition) is 2. The van der Waals surface area contributed by atoms with Gasteiger partial charge in [-0.2, -0.15) is 0 Å². The Labute approximate surface area is 78.3 Å². The molecule has 1 fully saturated rings. The average Bonchev–Trinajstić information content (AvgIpc) is 2.03. The van der Waals surface area contributed by atoms with Gasteiger partial charge in [0.05, 0.1) is 0 Å². The second-order valence-corrected chi connectivity index (χ2v) is 3.60. The van der Waals surface area contributed by atoms with Crippen LogP contribution in [0, 0.1) is 0 Å². The van der Waals surface area contributed by atoms with E-state index in [1.807, 2.05) is 4.90 Å². The number of hydrogen-bond donors (Lipinski definition) is 0. The summed E-state index contributed by atoms with van der Waals surface area (Å²) >= 11 is 5.48. The van der Waals surface area contributed by atoms with E-state index in [0.29, 0.717) is 6.04 Å². The number of carbonyl (C=O) groups excluding carboxylic acids is 1. The zero-order valence-corrected chi connectivity index (χ0v) is 8.34. The van der Waals surface area contributed by atoms with E-state index in [1.54, 1.807) is 0 Å². The van der Waals surface area contributed by atoms with Gasteiger partial charge in [-0.1, -0.05) is 0 Å². The molecule has 1 atom stereocenters. The molecular formula is C8H15ClN2O. The second-order valence-electron chi connectivity index (χ2n) is 3.33. The third-order valence-electron chi connectivity index (χ3n) is 2.27. The summed E-state index contributed by atoms with van der Waals surface area (Å²) in [6.07, 6.45) is 0. The second kappa shape index (κ2) is 4.10. The first-order chi connectivity index (χ1) is 5.65. The lowest BCUT2D eigenvalue weighted by Gasteiger charge is -2.37. The first kappa shape index (κ1) is 9.81. The zero-order chi connectivity index (χ0) is 9.14. The van der Waals surface area contributed by atoms with Crippen molar-refractivity contribution >= 4 is 17.5 Å². The zero-order valence-electron chi connectivity index (χ0n) is 7.59. The molecule has 0 aromatic rings. The molecule has 1 amide bonds. The number of amides is 1. The molecule has 1 unspecified atom stereocenters. The SMILES string of the molecule is CC1CN(C)CCN1C(=O)CCl. The van der Waals surface area contributed by atoms with Crippen molar-refractivity contribution in [3.05, 3.63) is 0 Å². The molecule has 0 radical (unpaired) electrons. The lowest BCUT2D eigenvalue weighted by Crippen LogP contribution is -2.53. The summed E-state index contributed by atoms with van der Waals surface area (Å²) in [5, 5.41) is 0. The Morgan fingerprint density at radius 2 is 2.25 bits per heavy atom. The summed E-state index contributed by atoms with van der Waals surface area (Å²) in [5.74, 6) is 0.158. The molecule has 1 saturated heterocycles. The van der Waals surface area contributed by atoms with Crippen molar-refractivity contribution in [3.63, 3.8) is 0 Å². The third kappa shape index (κ3) is 2.11. The number of halogens is 1. The summed E-state index contributed by atoms with van der Waals surface area (Å²) in [6.45, 7) is 4.76. The van der Waals surface area contributed by atoms with Crippen LogP contribution in [0.5, 0.6) is 0 Å². The van der Waals surface area contributed by atoms with Gasteiger partial charge in [-0.25, -0.2) is 0 Å². The fourth-order valence-electron chi connectivity index (χ4n) is 1.59. The molecule has 0 saturated carbocycles. The highest BCUT2D eigenvalue weighted by atomic mass is 35.5. The number of piperazine rings is 1. The van der Waals surface area contributed by atoms with Crippen LogP contribution in [0.25, 0.3) is 0 Å². The molecule has 0 aromatic heterocycles. The van der Waals surface area contributed by atoms with Gasteiger partial charge in [-0.3, -0.25) is 4.79 Å². The first-order valence-corrected chi connectivity index (χ1v) is 4.72. The lowest BCUT2D eigenvalue weighted by molar-refractivity contribution is -0.132. The van der Waals surface area contributed by atoms with Gasteiger partial charge in [-0.05, 0) is 14.0 Å². The molecule has 0 aliphatic carbocycles. The molecule has 0 spiro atoms. The van der Waals surface area contributed by atoms with E-state index in [0.717, 1.165) is 19.6 Å². The van der Waals surface area contributed by atoms with Crippen molar-refractivity contribution in [2.24, 2.45) is 0 Å². The fourth-order valence-corrected chi connectivity index (χ4v) is 1.74. The van der Waals surface area contributed by atoms with E-state index in [9.17, 15) is 4.79 Å². The Hall–Kier alpha value is -0.280. The highest BCUT2D eigenvalue weighted by molar-refractivity contribution is 6.27. The van der Waals surface area contributed by atoms with Crippen LogP contribution in [0.4, 0.5) is 0 Å². The molecule has 1 heterocycles. The van der Waals surface area contributed by atoms with E-state index in [1.165, 1.54) is 0 Å². The maximum atomic E-state index is 11.3. The van der Waals surface area contributed by atoms with Gasteiger partial charge in [0.15, 0.2) is 0 Å². The highest BCUT2D eigenvalue weighted by Crippen LogP contribution is 2.08. The van der Waals surface area contributed by atoms with Crippen LogP contribution in [-0.4, -0.2) is 54.3 Å². The van der Waals surface area contributed by atoms with Crippen molar-refractivity contribution in [3.8, 4) is 0 Å². The lowest BCUT2D eigenvalue weighted by atomic mass is 10.2. The van der Waals surface area contributed by atoms with Crippen molar-refractivity contribution in [2.45, 2.75) is 13.0 Å². The molecule has 1 aliphatic heterocycles. The Morgan fingerprint density at radius 1 is 1.58 bits per heavy atom. The van der Waals surface area contributed by atoms with E-state index >= 15 is 0 Å². The van der Waals surface area contributed by atoms with Crippen LogP contribution in [0.1, 0.15) is 6.92 Å². The third-order valence-corrected chi connectivity index (χ3v) is 2.49. The van der Waals surface area contributed by atoms with Crippen LogP contribution < -0.4 is 0 Å². The van der Waals surface area contributed by atoms with Crippen LogP contribution in [-0.2, 0) is 4.79 Å². The van der Waals surface area contributed by atoms with Crippen LogP contribution in [0.15, 0.2) is 0 Å². The highest BCUT2D eigenvalue weighted by Gasteiger charge is 2.24. The van der Waals surface area contributed by atoms with Gasteiger partial charge in [0.25, 0.3) is 0 Å². The molecule has 4 heteroatoms. The van der Waals surface area contributed by atoms with Gasteiger partial charge in [0, 0.05) is 25.7 Å². The summed E-state index contributed by atoms with van der Waals surface area (Å²) in [7, 11) is 2.07. The summed E-state index contributed by atoms with van der Waals surface area (Å²) in [6, 6.07) is 0.301. The van der Waals surface area contributed by atoms with E-state index < -0.39 is 0 Å². The van der Waals surface area contributed by atoms with Gasteiger partial charge in [-0.15, -0.1) is 11.6 Å². The van der Waals surface area contributed by atoms with Crippen molar-refractivity contribution in [1.82, 2.24) is 9.80 Å². The Kier molecular flexibility index (Phi) is 3.35. The van der Waals surface area contributed by atoms with E-state index in [2.05, 4.69) is 18.9 Å². The minimum atomic E-state index is 0.0530. The van der Waals surface area contributed by atoms with Crippen LogP contribution >= 0.6 is 11.6 Å². The normalized spacial score (nSPS) is 25.9. The monoisotopic (exact) mass is 190 g/mol. The molecular weight excluding hydrogens is 176 g/mol. The number of rotatable bonds is 1. The average molecular weight is 191 g/mol. The Balaban J connectivity index is 2.50. The molecule has 70 valence electrons. The predicted molar refractivity (Wildman–Crippen MR) is 49.4 cm³/mol. The number of carbonyl (C=O) groups is 1. The van der Waals surface area contributed by atoms with Crippen molar-refractivity contribution in [1.29, 1.82) is 0 Å². The summed E-state index contributed by atoms with van der Waals surface area (Å²) in [5.41, 5.74) is 0. The molecule has 1 rings (SSSR count). The number of likely N-dealkylation sites (N-methyl/N-ethyl adjacent to an activating group) is 1. The van der Waals surface area contributed by atoms with Crippen LogP contribution in [0.2, 0.25) is 0 Å².